The highest BCUT2D eigenvalue weighted by Gasteiger charge is 2.09. The van der Waals surface area contributed by atoms with E-state index >= 15 is 0 Å². The topological polar surface area (TPSA) is 53.0 Å². The molecule has 0 aliphatic rings. The summed E-state index contributed by atoms with van der Waals surface area (Å²) in [7, 11) is 0. The van der Waals surface area contributed by atoms with E-state index in [2.05, 4.69) is 4.98 Å². The summed E-state index contributed by atoms with van der Waals surface area (Å²) in [6.45, 7) is 2.01. The summed E-state index contributed by atoms with van der Waals surface area (Å²) in [5.41, 5.74) is 1.54. The van der Waals surface area contributed by atoms with Crippen LogP contribution in [-0.2, 0) is 0 Å². The number of aromatic carboxylic acids is 1. The van der Waals surface area contributed by atoms with E-state index in [0.29, 0.717) is 16.6 Å². The third kappa shape index (κ3) is 2.11. The van der Waals surface area contributed by atoms with E-state index in [4.69, 9.17) is 0 Å². The first-order chi connectivity index (χ1) is 9.15. The number of benzene rings is 1. The van der Waals surface area contributed by atoms with Crippen LogP contribution in [0.4, 0.5) is 0 Å². The summed E-state index contributed by atoms with van der Waals surface area (Å²) in [5.74, 6) is -1.17. The second-order valence-electron chi connectivity index (χ2n) is 4.27. The number of pyridine rings is 1. The zero-order valence-corrected chi connectivity index (χ0v) is 11.0. The highest BCUT2D eigenvalue weighted by molar-refractivity contribution is 7.15. The lowest BCUT2D eigenvalue weighted by molar-refractivity contribution is -0.254. The molecule has 3 aromatic rings. The van der Waals surface area contributed by atoms with Crippen molar-refractivity contribution < 1.29 is 9.90 Å². The highest BCUT2D eigenvalue weighted by atomic mass is 32.1. The van der Waals surface area contributed by atoms with Gasteiger partial charge in [0.2, 0.25) is 0 Å². The van der Waals surface area contributed by atoms with Gasteiger partial charge >= 0.3 is 0 Å². The molecule has 0 atom stereocenters. The summed E-state index contributed by atoms with van der Waals surface area (Å²) in [6, 6.07) is 12.7. The van der Waals surface area contributed by atoms with Crippen molar-refractivity contribution in [2.75, 3.05) is 0 Å². The number of fused-ring (bicyclic) bond motifs is 1. The van der Waals surface area contributed by atoms with Crippen molar-refractivity contribution >= 4 is 28.2 Å². The Morgan fingerprint density at radius 3 is 2.68 bits per heavy atom. The van der Waals surface area contributed by atoms with Crippen molar-refractivity contribution in [2.24, 2.45) is 0 Å². The minimum Gasteiger partial charge on any atom is -0.545 e. The Kier molecular flexibility index (Phi) is 2.80. The molecule has 0 radical (unpaired) electrons. The number of nitrogens with zero attached hydrogens (tertiary/aromatic N) is 1. The molecular formula is C15H10NO2S-. The van der Waals surface area contributed by atoms with Gasteiger partial charge in [0, 0.05) is 15.8 Å². The molecule has 0 aliphatic heterocycles. The van der Waals surface area contributed by atoms with Gasteiger partial charge in [-0.25, -0.2) is 4.98 Å². The Labute approximate surface area is 114 Å². The third-order valence-corrected chi connectivity index (χ3v) is 3.95. The van der Waals surface area contributed by atoms with Gasteiger partial charge < -0.3 is 9.90 Å². The van der Waals surface area contributed by atoms with Crippen LogP contribution in [0.1, 0.15) is 15.2 Å². The second kappa shape index (κ2) is 4.48. The number of carboxylic acids is 1. The molecule has 19 heavy (non-hydrogen) atoms. The van der Waals surface area contributed by atoms with Crippen LogP contribution < -0.4 is 5.11 Å². The molecule has 0 amide bonds. The smallest absolute Gasteiger partial charge is 0.0816 e. The predicted molar refractivity (Wildman–Crippen MR) is 74.1 cm³/mol. The molecule has 0 N–H and O–H groups in total. The average molecular weight is 268 g/mol. The van der Waals surface area contributed by atoms with Crippen LogP contribution in [0.3, 0.4) is 0 Å². The van der Waals surface area contributed by atoms with Gasteiger partial charge in [-0.1, -0.05) is 18.2 Å². The van der Waals surface area contributed by atoms with Crippen LogP contribution >= 0.6 is 11.3 Å². The van der Waals surface area contributed by atoms with Crippen LogP contribution in [0.5, 0.6) is 0 Å². The standard InChI is InChI=1S/C15H11NO2S/c1-9-6-7-14(19-9)13-8-11(15(17)18)10-4-2-3-5-12(10)16-13/h2-8H,1H3,(H,17,18)/p-1. The number of aromatic nitrogens is 1. The zero-order valence-electron chi connectivity index (χ0n) is 10.2. The lowest BCUT2D eigenvalue weighted by atomic mass is 10.1. The molecule has 3 rings (SSSR count). The summed E-state index contributed by atoms with van der Waals surface area (Å²) in [4.78, 5) is 17.9. The van der Waals surface area contributed by atoms with Crippen molar-refractivity contribution in [2.45, 2.75) is 6.92 Å². The fourth-order valence-corrected chi connectivity index (χ4v) is 2.87. The lowest BCUT2D eigenvalue weighted by Crippen LogP contribution is -2.22. The molecule has 0 spiro atoms. The van der Waals surface area contributed by atoms with E-state index < -0.39 is 5.97 Å². The minimum absolute atomic E-state index is 0.187. The molecule has 0 unspecified atom stereocenters. The van der Waals surface area contributed by atoms with Crippen molar-refractivity contribution in [1.29, 1.82) is 0 Å². The van der Waals surface area contributed by atoms with Crippen molar-refractivity contribution in [3.05, 3.63) is 52.9 Å². The number of hydrogen-bond donors (Lipinski definition) is 0. The molecule has 2 aromatic heterocycles. The van der Waals surface area contributed by atoms with Gasteiger partial charge in [-0.2, -0.15) is 0 Å². The number of para-hydroxylation sites is 1. The summed E-state index contributed by atoms with van der Waals surface area (Å²) >= 11 is 1.59. The van der Waals surface area contributed by atoms with Gasteiger partial charge in [0.1, 0.15) is 0 Å². The van der Waals surface area contributed by atoms with Crippen LogP contribution in [0.2, 0.25) is 0 Å². The first kappa shape index (κ1) is 11.9. The van der Waals surface area contributed by atoms with Crippen LogP contribution in [0.25, 0.3) is 21.5 Å². The van der Waals surface area contributed by atoms with E-state index in [9.17, 15) is 9.90 Å². The van der Waals surface area contributed by atoms with E-state index in [-0.39, 0.29) is 5.56 Å². The quantitative estimate of drug-likeness (QED) is 0.718. The molecule has 0 aliphatic carbocycles. The SMILES string of the molecule is Cc1ccc(-c2cc(C(=O)[O-])c3ccccc3n2)s1. The Morgan fingerprint density at radius 1 is 1.21 bits per heavy atom. The monoisotopic (exact) mass is 268 g/mol. The van der Waals surface area contributed by atoms with Crippen molar-refractivity contribution in [1.82, 2.24) is 4.98 Å². The lowest BCUT2D eigenvalue weighted by Gasteiger charge is -2.09. The number of carboxylic acid groups (broad SMARTS) is 1. The third-order valence-electron chi connectivity index (χ3n) is 2.93. The second-order valence-corrected chi connectivity index (χ2v) is 5.56. The molecule has 0 bridgehead atoms. The Morgan fingerprint density at radius 2 is 2.00 bits per heavy atom. The molecule has 2 heterocycles. The number of hydrogen-bond acceptors (Lipinski definition) is 4. The first-order valence-electron chi connectivity index (χ1n) is 5.83. The van der Waals surface area contributed by atoms with Crippen molar-refractivity contribution in [3.63, 3.8) is 0 Å². The minimum atomic E-state index is -1.17. The summed E-state index contributed by atoms with van der Waals surface area (Å²) < 4.78 is 0. The predicted octanol–water partition coefficient (Wildman–Crippen LogP) is 2.64. The zero-order chi connectivity index (χ0) is 13.4. The molecular weight excluding hydrogens is 258 g/mol. The fraction of sp³-hybridized carbons (Fsp3) is 0.0667. The van der Waals surface area contributed by atoms with Crippen molar-refractivity contribution in [3.8, 4) is 10.6 Å². The summed E-state index contributed by atoms with van der Waals surface area (Å²) in [6.07, 6.45) is 0. The fourth-order valence-electron chi connectivity index (χ4n) is 2.04. The molecule has 0 saturated heterocycles. The Bertz CT molecular complexity index is 777. The number of rotatable bonds is 2. The normalized spacial score (nSPS) is 10.8. The molecule has 0 fully saturated rings. The van der Waals surface area contributed by atoms with E-state index in [1.54, 1.807) is 29.5 Å². The molecule has 0 saturated carbocycles. The molecule has 94 valence electrons. The van der Waals surface area contributed by atoms with Crippen LogP contribution in [-0.4, -0.2) is 11.0 Å². The Balaban J connectivity index is 2.30. The largest absolute Gasteiger partial charge is 0.545 e. The summed E-state index contributed by atoms with van der Waals surface area (Å²) in [5, 5.41) is 11.9. The van der Waals surface area contributed by atoms with E-state index in [1.165, 1.54) is 4.88 Å². The first-order valence-corrected chi connectivity index (χ1v) is 6.65. The van der Waals surface area contributed by atoms with Gasteiger partial charge in [-0.05, 0) is 31.2 Å². The molecule has 1 aromatic carbocycles. The number of carbonyl (C=O) groups excluding carboxylic acids is 1. The van der Waals surface area contributed by atoms with Gasteiger partial charge in [0.25, 0.3) is 0 Å². The number of thiophene rings is 1. The number of carbonyl (C=O) groups is 1. The van der Waals surface area contributed by atoms with Gasteiger partial charge in [0.15, 0.2) is 0 Å². The molecule has 3 nitrogen and oxygen atoms in total. The van der Waals surface area contributed by atoms with Gasteiger partial charge in [-0.15, -0.1) is 11.3 Å². The number of aryl methyl sites for hydroxylation is 1. The average Bonchev–Trinajstić information content (AvgIpc) is 2.84. The maximum absolute atomic E-state index is 11.3. The van der Waals surface area contributed by atoms with Crippen LogP contribution in [0, 0.1) is 6.92 Å². The van der Waals surface area contributed by atoms with Crippen LogP contribution in [0.15, 0.2) is 42.5 Å². The van der Waals surface area contributed by atoms with E-state index in [0.717, 1.165) is 4.88 Å². The van der Waals surface area contributed by atoms with Gasteiger partial charge in [0.05, 0.1) is 22.1 Å². The molecule has 4 heteroatoms. The highest BCUT2D eigenvalue weighted by Crippen LogP contribution is 2.29. The van der Waals surface area contributed by atoms with Gasteiger partial charge in [-0.3, -0.25) is 0 Å². The Hall–Kier alpha value is -2.20. The van der Waals surface area contributed by atoms with E-state index in [1.807, 2.05) is 31.2 Å². The maximum Gasteiger partial charge on any atom is 0.0816 e. The maximum atomic E-state index is 11.3.